The fourth-order valence-corrected chi connectivity index (χ4v) is 2.41. The lowest BCUT2D eigenvalue weighted by Gasteiger charge is -2.12. The third kappa shape index (κ3) is 1.36. The minimum atomic E-state index is -0.0521. The number of nitrogens with one attached hydrogen (secondary N) is 1. The van der Waals surface area contributed by atoms with E-state index in [2.05, 4.69) is 11.4 Å². The molecule has 0 radical (unpaired) electrons. The van der Waals surface area contributed by atoms with Crippen LogP contribution in [0.4, 0.5) is 0 Å². The van der Waals surface area contributed by atoms with Gasteiger partial charge in [-0.1, -0.05) is 6.08 Å². The maximum atomic E-state index is 11.7. The van der Waals surface area contributed by atoms with Gasteiger partial charge in [0, 0.05) is 18.0 Å². The first kappa shape index (κ1) is 8.48. The molecule has 0 bridgehead atoms. The summed E-state index contributed by atoms with van der Waals surface area (Å²) in [6.07, 6.45) is 5.49. The van der Waals surface area contributed by atoms with Crippen LogP contribution in [-0.4, -0.2) is 25.2 Å². The molecule has 0 amide bonds. The van der Waals surface area contributed by atoms with Gasteiger partial charge in [0.2, 0.25) is 0 Å². The minimum Gasteiger partial charge on any atom is -0.459 e. The summed E-state index contributed by atoms with van der Waals surface area (Å²) in [7, 11) is 0. The predicted octanol–water partition coefficient (Wildman–Crippen LogP) is 0.858. The van der Waals surface area contributed by atoms with Crippen LogP contribution in [0.2, 0.25) is 0 Å². The lowest BCUT2D eigenvalue weighted by Crippen LogP contribution is -2.18. The number of carbonyl (C=O) groups is 1. The van der Waals surface area contributed by atoms with Crippen LogP contribution in [0.5, 0.6) is 0 Å². The monoisotopic (exact) mass is 193 g/mol. The highest BCUT2D eigenvalue weighted by Crippen LogP contribution is 2.36. The van der Waals surface area contributed by atoms with Crippen LogP contribution in [0.15, 0.2) is 11.6 Å². The van der Waals surface area contributed by atoms with Crippen molar-refractivity contribution >= 4 is 5.97 Å². The lowest BCUT2D eigenvalue weighted by molar-refractivity contribution is -0.140. The highest BCUT2D eigenvalue weighted by Gasteiger charge is 2.38. The molecule has 2 aliphatic carbocycles. The molecule has 0 spiro atoms. The predicted molar refractivity (Wildman–Crippen MR) is 51.7 cm³/mol. The Balaban J connectivity index is 1.68. The average Bonchev–Trinajstić information content (AvgIpc) is 2.72. The molecule has 0 aromatic carbocycles. The maximum absolute atomic E-state index is 11.7. The fourth-order valence-electron chi connectivity index (χ4n) is 2.41. The molecular weight excluding hydrogens is 178 g/mol. The topological polar surface area (TPSA) is 38.3 Å². The Morgan fingerprint density at radius 2 is 2.29 bits per heavy atom. The van der Waals surface area contributed by atoms with Crippen molar-refractivity contribution in [2.24, 2.45) is 11.8 Å². The summed E-state index contributed by atoms with van der Waals surface area (Å²) in [6, 6.07) is 0. The minimum absolute atomic E-state index is 0.0521. The zero-order valence-corrected chi connectivity index (χ0v) is 8.16. The number of esters is 1. The molecule has 2 fully saturated rings. The Kier molecular flexibility index (Phi) is 1.87. The first-order valence-corrected chi connectivity index (χ1v) is 5.46. The van der Waals surface area contributed by atoms with Crippen molar-refractivity contribution in [3.05, 3.63) is 11.6 Å². The van der Waals surface area contributed by atoms with Gasteiger partial charge >= 0.3 is 5.97 Å². The van der Waals surface area contributed by atoms with Crippen LogP contribution in [0.3, 0.4) is 0 Å². The number of fused-ring (bicyclic) bond motifs is 1. The normalized spacial score (nSPS) is 35.3. The van der Waals surface area contributed by atoms with Crippen LogP contribution < -0.4 is 5.32 Å². The van der Waals surface area contributed by atoms with Crippen molar-refractivity contribution in [1.29, 1.82) is 0 Å². The van der Waals surface area contributed by atoms with Crippen molar-refractivity contribution in [1.82, 2.24) is 5.32 Å². The molecule has 1 heterocycles. The van der Waals surface area contributed by atoms with E-state index in [1.54, 1.807) is 0 Å². The van der Waals surface area contributed by atoms with Gasteiger partial charge in [0.1, 0.15) is 6.10 Å². The Morgan fingerprint density at radius 1 is 1.43 bits per heavy atom. The summed E-state index contributed by atoms with van der Waals surface area (Å²) >= 11 is 0. The van der Waals surface area contributed by atoms with E-state index < -0.39 is 0 Å². The molecule has 1 saturated heterocycles. The quantitative estimate of drug-likeness (QED) is 0.661. The summed E-state index contributed by atoms with van der Waals surface area (Å²) < 4.78 is 5.32. The molecule has 0 aromatic heterocycles. The highest BCUT2D eigenvalue weighted by molar-refractivity contribution is 5.90. The molecule has 14 heavy (non-hydrogen) atoms. The Hall–Kier alpha value is -0.830. The molecule has 3 nitrogen and oxygen atoms in total. The van der Waals surface area contributed by atoms with Crippen LogP contribution >= 0.6 is 0 Å². The first-order valence-electron chi connectivity index (χ1n) is 5.46. The molecule has 2 unspecified atom stereocenters. The Labute approximate surface area is 83.5 Å². The van der Waals surface area contributed by atoms with Gasteiger partial charge in [0.15, 0.2) is 0 Å². The second kappa shape index (κ2) is 3.09. The third-order valence-corrected chi connectivity index (χ3v) is 3.41. The van der Waals surface area contributed by atoms with Crippen LogP contribution in [0, 0.1) is 11.8 Å². The van der Waals surface area contributed by atoms with Gasteiger partial charge in [-0.15, -0.1) is 0 Å². The Morgan fingerprint density at radius 3 is 3.07 bits per heavy atom. The zero-order chi connectivity index (χ0) is 9.54. The van der Waals surface area contributed by atoms with E-state index >= 15 is 0 Å². The summed E-state index contributed by atoms with van der Waals surface area (Å²) in [6.45, 7) is 2.01. The number of ether oxygens (including phenoxy) is 1. The van der Waals surface area contributed by atoms with Crippen molar-refractivity contribution < 1.29 is 9.53 Å². The second-order valence-corrected chi connectivity index (χ2v) is 4.52. The van der Waals surface area contributed by atoms with Crippen molar-refractivity contribution in [2.45, 2.75) is 25.4 Å². The summed E-state index contributed by atoms with van der Waals surface area (Å²) in [5, 5.41) is 3.33. The van der Waals surface area contributed by atoms with E-state index in [9.17, 15) is 4.79 Å². The molecule has 3 aliphatic rings. The molecule has 3 heteroatoms. The summed E-state index contributed by atoms with van der Waals surface area (Å²) in [4.78, 5) is 11.7. The maximum Gasteiger partial charge on any atom is 0.334 e. The standard InChI is InChI=1S/C11H15NO2/c13-11(14-8-2-3-8)9-4-1-7-5-12-6-10(7)9/h4,7-8,10,12H,1-3,5-6H2. The van der Waals surface area contributed by atoms with Gasteiger partial charge < -0.3 is 10.1 Å². The third-order valence-electron chi connectivity index (χ3n) is 3.41. The smallest absolute Gasteiger partial charge is 0.334 e. The SMILES string of the molecule is O=C(OC1CC1)C1=CCC2CNCC12. The van der Waals surface area contributed by atoms with E-state index in [1.807, 2.05) is 0 Å². The summed E-state index contributed by atoms with van der Waals surface area (Å²) in [5.74, 6) is 1.03. The van der Waals surface area contributed by atoms with Gasteiger partial charge in [-0.2, -0.15) is 0 Å². The van der Waals surface area contributed by atoms with E-state index in [1.165, 1.54) is 0 Å². The zero-order valence-electron chi connectivity index (χ0n) is 8.16. The van der Waals surface area contributed by atoms with E-state index in [-0.39, 0.29) is 12.1 Å². The lowest BCUT2D eigenvalue weighted by atomic mass is 9.95. The number of hydrogen-bond acceptors (Lipinski definition) is 3. The number of hydrogen-bond donors (Lipinski definition) is 1. The van der Waals surface area contributed by atoms with Crippen molar-refractivity contribution in [2.75, 3.05) is 13.1 Å². The fraction of sp³-hybridized carbons (Fsp3) is 0.727. The van der Waals surface area contributed by atoms with Crippen molar-refractivity contribution in [3.63, 3.8) is 0 Å². The van der Waals surface area contributed by atoms with E-state index in [0.717, 1.165) is 37.9 Å². The average molecular weight is 193 g/mol. The van der Waals surface area contributed by atoms with E-state index in [4.69, 9.17) is 4.74 Å². The van der Waals surface area contributed by atoms with Crippen LogP contribution in [-0.2, 0) is 9.53 Å². The second-order valence-electron chi connectivity index (χ2n) is 4.52. The molecular formula is C11H15NO2. The molecule has 1 aliphatic heterocycles. The Bertz CT molecular complexity index is 294. The molecule has 1 saturated carbocycles. The molecule has 1 N–H and O–H groups in total. The van der Waals surface area contributed by atoms with Crippen molar-refractivity contribution in [3.8, 4) is 0 Å². The number of allylic oxidation sites excluding steroid dienone is 1. The number of carbonyl (C=O) groups excluding carboxylic acids is 1. The van der Waals surface area contributed by atoms with Gasteiger partial charge in [-0.3, -0.25) is 0 Å². The largest absolute Gasteiger partial charge is 0.459 e. The number of rotatable bonds is 2. The highest BCUT2D eigenvalue weighted by atomic mass is 16.5. The molecule has 0 aromatic rings. The van der Waals surface area contributed by atoms with Crippen LogP contribution in [0.25, 0.3) is 0 Å². The summed E-state index contributed by atoms with van der Waals surface area (Å²) in [5.41, 5.74) is 0.937. The first-order chi connectivity index (χ1) is 6.84. The van der Waals surface area contributed by atoms with Crippen LogP contribution in [0.1, 0.15) is 19.3 Å². The van der Waals surface area contributed by atoms with E-state index in [0.29, 0.717) is 11.8 Å². The molecule has 76 valence electrons. The molecule has 2 atom stereocenters. The van der Waals surface area contributed by atoms with Gasteiger partial charge in [0.25, 0.3) is 0 Å². The van der Waals surface area contributed by atoms with Gasteiger partial charge in [-0.05, 0) is 31.7 Å². The van der Waals surface area contributed by atoms with Gasteiger partial charge in [-0.25, -0.2) is 4.79 Å². The molecule has 3 rings (SSSR count). The van der Waals surface area contributed by atoms with Gasteiger partial charge in [0.05, 0.1) is 0 Å².